The van der Waals surface area contributed by atoms with E-state index in [0.29, 0.717) is 18.2 Å². The van der Waals surface area contributed by atoms with Crippen LogP contribution < -0.4 is 10.6 Å². The second kappa shape index (κ2) is 5.85. The molecule has 0 heterocycles. The predicted octanol–water partition coefficient (Wildman–Crippen LogP) is 1.62. The molecule has 1 fully saturated rings. The van der Waals surface area contributed by atoms with E-state index in [0.717, 1.165) is 24.0 Å². The van der Waals surface area contributed by atoms with Gasteiger partial charge in [-0.05, 0) is 49.9 Å². The number of hydrogen-bond acceptors (Lipinski definition) is 3. The van der Waals surface area contributed by atoms with Crippen LogP contribution in [-0.2, 0) is 11.3 Å². The minimum Gasteiger partial charge on any atom is -0.352 e. The molecule has 1 aliphatic carbocycles. The largest absolute Gasteiger partial charge is 0.352 e. The maximum atomic E-state index is 11.8. The zero-order valence-corrected chi connectivity index (χ0v) is 11.4. The Morgan fingerprint density at radius 3 is 2.84 bits per heavy atom. The van der Waals surface area contributed by atoms with Gasteiger partial charge in [0, 0.05) is 12.6 Å². The molecule has 0 spiro atoms. The summed E-state index contributed by atoms with van der Waals surface area (Å²) in [6, 6.07) is 7.93. The van der Waals surface area contributed by atoms with Crippen LogP contribution in [0.5, 0.6) is 0 Å². The van der Waals surface area contributed by atoms with Gasteiger partial charge in [-0.1, -0.05) is 6.07 Å². The van der Waals surface area contributed by atoms with Crippen LogP contribution in [0.1, 0.15) is 36.5 Å². The van der Waals surface area contributed by atoms with Crippen LogP contribution in [0.2, 0.25) is 0 Å². The Labute approximate surface area is 113 Å². The Morgan fingerprint density at radius 1 is 1.53 bits per heavy atom. The Kier molecular flexibility index (Phi) is 4.18. The molecule has 0 aromatic heterocycles. The lowest BCUT2D eigenvalue weighted by atomic mass is 10.1. The van der Waals surface area contributed by atoms with Gasteiger partial charge in [-0.3, -0.25) is 4.79 Å². The van der Waals surface area contributed by atoms with Gasteiger partial charge in [-0.15, -0.1) is 0 Å². The first kappa shape index (κ1) is 13.6. The highest BCUT2D eigenvalue weighted by Gasteiger charge is 2.25. The molecule has 1 saturated carbocycles. The van der Waals surface area contributed by atoms with Crippen molar-refractivity contribution in [2.45, 2.75) is 45.3 Å². The second-order valence-electron chi connectivity index (χ2n) is 5.14. The Balaban J connectivity index is 1.87. The first-order chi connectivity index (χ1) is 9.10. The van der Waals surface area contributed by atoms with Gasteiger partial charge in [0.25, 0.3) is 0 Å². The van der Waals surface area contributed by atoms with Crippen LogP contribution in [0.4, 0.5) is 0 Å². The molecule has 1 aliphatic rings. The molecule has 1 unspecified atom stereocenters. The van der Waals surface area contributed by atoms with Crippen molar-refractivity contribution in [3.8, 4) is 6.07 Å². The van der Waals surface area contributed by atoms with E-state index in [-0.39, 0.29) is 11.9 Å². The van der Waals surface area contributed by atoms with Gasteiger partial charge in [0.05, 0.1) is 17.7 Å². The van der Waals surface area contributed by atoms with Crippen molar-refractivity contribution in [3.63, 3.8) is 0 Å². The van der Waals surface area contributed by atoms with Crippen molar-refractivity contribution in [3.05, 3.63) is 34.9 Å². The standard InChI is InChI=1S/C15H19N3O/c1-10-7-12(8-16)3-4-13(10)9-17-11(2)15(19)18-14-5-6-14/h3-4,7,11,14,17H,5-6,9H2,1-2H3,(H,18,19). The lowest BCUT2D eigenvalue weighted by molar-refractivity contribution is -0.122. The van der Waals surface area contributed by atoms with Crippen LogP contribution in [-0.4, -0.2) is 18.0 Å². The third-order valence-corrected chi connectivity index (χ3v) is 3.39. The maximum absolute atomic E-state index is 11.8. The van der Waals surface area contributed by atoms with E-state index in [1.54, 1.807) is 6.07 Å². The third kappa shape index (κ3) is 3.80. The van der Waals surface area contributed by atoms with Gasteiger partial charge in [0.1, 0.15) is 0 Å². The SMILES string of the molecule is Cc1cc(C#N)ccc1CNC(C)C(=O)NC1CC1. The van der Waals surface area contributed by atoms with Gasteiger partial charge < -0.3 is 10.6 Å². The van der Waals surface area contributed by atoms with E-state index in [9.17, 15) is 4.79 Å². The lowest BCUT2D eigenvalue weighted by Crippen LogP contribution is -2.42. The van der Waals surface area contributed by atoms with Crippen LogP contribution in [0.25, 0.3) is 0 Å². The minimum absolute atomic E-state index is 0.0637. The lowest BCUT2D eigenvalue weighted by Gasteiger charge is -2.15. The van der Waals surface area contributed by atoms with Gasteiger partial charge in [-0.25, -0.2) is 0 Å². The van der Waals surface area contributed by atoms with E-state index in [2.05, 4.69) is 16.7 Å². The molecule has 4 heteroatoms. The molecule has 0 radical (unpaired) electrons. The first-order valence-corrected chi connectivity index (χ1v) is 6.63. The molecule has 1 amide bonds. The maximum Gasteiger partial charge on any atom is 0.237 e. The summed E-state index contributed by atoms with van der Waals surface area (Å²) in [6.45, 7) is 4.49. The number of benzene rings is 1. The highest BCUT2D eigenvalue weighted by molar-refractivity contribution is 5.81. The number of hydrogen-bond donors (Lipinski definition) is 2. The Morgan fingerprint density at radius 2 is 2.26 bits per heavy atom. The van der Waals surface area contributed by atoms with Crippen molar-refractivity contribution < 1.29 is 4.79 Å². The highest BCUT2D eigenvalue weighted by atomic mass is 16.2. The van der Waals surface area contributed by atoms with Gasteiger partial charge in [-0.2, -0.15) is 5.26 Å². The average Bonchev–Trinajstić information content (AvgIpc) is 3.20. The molecule has 2 rings (SSSR count). The molecular formula is C15H19N3O. The van der Waals surface area contributed by atoms with Gasteiger partial charge in [0.2, 0.25) is 5.91 Å². The smallest absolute Gasteiger partial charge is 0.237 e. The summed E-state index contributed by atoms with van der Waals surface area (Å²) in [7, 11) is 0. The number of carbonyl (C=O) groups is 1. The molecule has 0 saturated heterocycles. The summed E-state index contributed by atoms with van der Waals surface area (Å²) < 4.78 is 0. The fourth-order valence-electron chi connectivity index (χ4n) is 1.87. The Hall–Kier alpha value is -1.86. The molecule has 1 aromatic carbocycles. The van der Waals surface area contributed by atoms with Crippen molar-refractivity contribution in [1.82, 2.24) is 10.6 Å². The number of nitriles is 1. The number of carbonyl (C=O) groups excluding carboxylic acids is 1. The zero-order chi connectivity index (χ0) is 13.8. The summed E-state index contributed by atoms with van der Waals surface area (Å²) >= 11 is 0. The molecule has 19 heavy (non-hydrogen) atoms. The minimum atomic E-state index is -0.198. The van der Waals surface area contributed by atoms with Crippen molar-refractivity contribution in [2.75, 3.05) is 0 Å². The number of aryl methyl sites for hydroxylation is 1. The van der Waals surface area contributed by atoms with Crippen molar-refractivity contribution >= 4 is 5.91 Å². The molecule has 4 nitrogen and oxygen atoms in total. The number of nitrogens with zero attached hydrogens (tertiary/aromatic N) is 1. The van der Waals surface area contributed by atoms with Gasteiger partial charge in [0.15, 0.2) is 0 Å². The normalized spacial score (nSPS) is 15.6. The quantitative estimate of drug-likeness (QED) is 0.842. The van der Waals surface area contributed by atoms with E-state index in [1.807, 2.05) is 26.0 Å². The van der Waals surface area contributed by atoms with Crippen LogP contribution in [0.3, 0.4) is 0 Å². The van der Waals surface area contributed by atoms with Crippen LogP contribution >= 0.6 is 0 Å². The monoisotopic (exact) mass is 257 g/mol. The molecule has 0 bridgehead atoms. The second-order valence-corrected chi connectivity index (χ2v) is 5.14. The number of rotatable bonds is 5. The predicted molar refractivity (Wildman–Crippen MR) is 73.4 cm³/mol. The topological polar surface area (TPSA) is 64.9 Å². The first-order valence-electron chi connectivity index (χ1n) is 6.63. The van der Waals surface area contributed by atoms with Crippen molar-refractivity contribution in [1.29, 1.82) is 5.26 Å². The van der Waals surface area contributed by atoms with Crippen LogP contribution in [0, 0.1) is 18.3 Å². The van der Waals surface area contributed by atoms with E-state index in [4.69, 9.17) is 5.26 Å². The fourth-order valence-corrected chi connectivity index (χ4v) is 1.87. The molecule has 2 N–H and O–H groups in total. The molecular weight excluding hydrogens is 238 g/mol. The summed E-state index contributed by atoms with van der Waals surface area (Å²) in [4.78, 5) is 11.8. The van der Waals surface area contributed by atoms with Gasteiger partial charge >= 0.3 is 0 Å². The van der Waals surface area contributed by atoms with Crippen LogP contribution in [0.15, 0.2) is 18.2 Å². The molecule has 1 aromatic rings. The summed E-state index contributed by atoms with van der Waals surface area (Å²) in [6.07, 6.45) is 2.21. The number of nitrogens with one attached hydrogen (secondary N) is 2. The third-order valence-electron chi connectivity index (χ3n) is 3.39. The average molecular weight is 257 g/mol. The summed E-state index contributed by atoms with van der Waals surface area (Å²) in [5.74, 6) is 0.0637. The Bertz CT molecular complexity index is 515. The fraction of sp³-hybridized carbons (Fsp3) is 0.467. The van der Waals surface area contributed by atoms with E-state index in [1.165, 1.54) is 0 Å². The molecule has 100 valence electrons. The van der Waals surface area contributed by atoms with E-state index >= 15 is 0 Å². The summed E-state index contributed by atoms with van der Waals surface area (Å²) in [5.41, 5.74) is 2.85. The molecule has 1 atom stereocenters. The highest BCUT2D eigenvalue weighted by Crippen LogP contribution is 2.18. The van der Waals surface area contributed by atoms with E-state index < -0.39 is 0 Å². The number of amides is 1. The van der Waals surface area contributed by atoms with Crippen molar-refractivity contribution in [2.24, 2.45) is 0 Å². The summed E-state index contributed by atoms with van der Waals surface area (Å²) in [5, 5.41) is 15.0. The zero-order valence-electron chi connectivity index (χ0n) is 11.4. The molecule has 0 aliphatic heterocycles.